The molecule has 3 heteroatoms. The van der Waals surface area contributed by atoms with Gasteiger partial charge in [-0.1, -0.05) is 36.4 Å². The fourth-order valence-corrected chi connectivity index (χ4v) is 3.39. The lowest BCUT2D eigenvalue weighted by atomic mass is 9.77. The Balaban J connectivity index is 1.94. The fourth-order valence-electron chi connectivity index (χ4n) is 3.39. The highest BCUT2D eigenvalue weighted by Gasteiger charge is 2.28. The van der Waals surface area contributed by atoms with Crippen molar-refractivity contribution in [2.45, 2.75) is 18.3 Å². The van der Waals surface area contributed by atoms with Crippen LogP contribution >= 0.6 is 0 Å². The molecule has 1 aliphatic heterocycles. The Kier molecular flexibility index (Phi) is 4.64. The van der Waals surface area contributed by atoms with E-state index in [1.165, 1.54) is 11.1 Å². The quantitative estimate of drug-likeness (QED) is 0.936. The predicted molar refractivity (Wildman–Crippen MR) is 89.0 cm³/mol. The van der Waals surface area contributed by atoms with Gasteiger partial charge in [0, 0.05) is 12.5 Å². The van der Waals surface area contributed by atoms with Crippen molar-refractivity contribution < 1.29 is 9.47 Å². The summed E-state index contributed by atoms with van der Waals surface area (Å²) in [5.41, 5.74) is 2.72. The van der Waals surface area contributed by atoms with Crippen molar-refractivity contribution in [1.29, 1.82) is 0 Å². The maximum absolute atomic E-state index is 5.47. The van der Waals surface area contributed by atoms with Crippen LogP contribution in [0.2, 0.25) is 0 Å². The summed E-state index contributed by atoms with van der Waals surface area (Å²) in [7, 11) is 3.37. The smallest absolute Gasteiger partial charge is 0.160 e. The molecule has 0 bridgehead atoms. The van der Waals surface area contributed by atoms with Gasteiger partial charge in [-0.05, 0) is 42.1 Å². The van der Waals surface area contributed by atoms with Gasteiger partial charge >= 0.3 is 0 Å². The molecule has 0 radical (unpaired) electrons. The number of benzene rings is 2. The first-order valence-corrected chi connectivity index (χ1v) is 7.81. The second-order valence-corrected chi connectivity index (χ2v) is 5.73. The topological polar surface area (TPSA) is 30.5 Å². The van der Waals surface area contributed by atoms with Crippen molar-refractivity contribution in [2.24, 2.45) is 0 Å². The van der Waals surface area contributed by atoms with Crippen molar-refractivity contribution in [3.05, 3.63) is 59.7 Å². The van der Waals surface area contributed by atoms with Crippen LogP contribution in [0.4, 0.5) is 0 Å². The van der Waals surface area contributed by atoms with Gasteiger partial charge in [-0.2, -0.15) is 0 Å². The third kappa shape index (κ3) is 2.95. The van der Waals surface area contributed by atoms with E-state index in [1.807, 2.05) is 6.07 Å². The first-order chi connectivity index (χ1) is 10.8. The van der Waals surface area contributed by atoms with Gasteiger partial charge in [-0.15, -0.1) is 0 Å². The number of methoxy groups -OCH3 is 2. The molecule has 2 unspecified atom stereocenters. The summed E-state index contributed by atoms with van der Waals surface area (Å²) in [6.45, 7) is 2.07. The Morgan fingerprint density at radius 1 is 0.864 bits per heavy atom. The molecule has 0 spiro atoms. The minimum Gasteiger partial charge on any atom is -0.493 e. The lowest BCUT2D eigenvalue weighted by Gasteiger charge is -2.33. The van der Waals surface area contributed by atoms with Crippen LogP contribution in [-0.2, 0) is 0 Å². The molecular weight excluding hydrogens is 274 g/mol. The lowest BCUT2D eigenvalue weighted by molar-refractivity contribution is 0.352. The van der Waals surface area contributed by atoms with Crippen LogP contribution in [0.15, 0.2) is 48.5 Å². The molecule has 1 heterocycles. The first kappa shape index (κ1) is 14.9. The van der Waals surface area contributed by atoms with Crippen molar-refractivity contribution in [3.63, 3.8) is 0 Å². The van der Waals surface area contributed by atoms with Gasteiger partial charge in [-0.25, -0.2) is 0 Å². The number of rotatable bonds is 4. The molecule has 22 heavy (non-hydrogen) atoms. The van der Waals surface area contributed by atoms with Crippen molar-refractivity contribution in [1.82, 2.24) is 5.32 Å². The molecule has 0 saturated carbocycles. The molecule has 2 aromatic rings. The molecule has 0 amide bonds. The molecule has 0 aliphatic carbocycles. The Hall–Kier alpha value is -2.00. The standard InChI is InChI=1S/C19H23NO2/c1-21-18-9-8-15(12-19(18)22-2)16-10-11-20-13-17(16)14-6-4-3-5-7-14/h3-9,12,16-17,20H,10-11,13H2,1-2H3. The summed E-state index contributed by atoms with van der Waals surface area (Å²) >= 11 is 0. The highest BCUT2D eigenvalue weighted by Crippen LogP contribution is 2.40. The molecule has 1 saturated heterocycles. The van der Waals surface area contributed by atoms with E-state index in [0.29, 0.717) is 11.8 Å². The Morgan fingerprint density at radius 2 is 1.64 bits per heavy atom. The average molecular weight is 297 g/mol. The number of hydrogen-bond donors (Lipinski definition) is 1. The maximum Gasteiger partial charge on any atom is 0.160 e. The highest BCUT2D eigenvalue weighted by molar-refractivity contribution is 5.45. The summed E-state index contributed by atoms with van der Waals surface area (Å²) in [5.74, 6) is 2.60. The van der Waals surface area contributed by atoms with Crippen molar-refractivity contribution in [3.8, 4) is 11.5 Å². The SMILES string of the molecule is COc1ccc(C2CCNCC2c2ccccc2)cc1OC. The largest absolute Gasteiger partial charge is 0.493 e. The second-order valence-electron chi connectivity index (χ2n) is 5.73. The highest BCUT2D eigenvalue weighted by atomic mass is 16.5. The van der Waals surface area contributed by atoms with Crippen LogP contribution in [0, 0.1) is 0 Å². The van der Waals surface area contributed by atoms with Gasteiger partial charge in [0.05, 0.1) is 14.2 Å². The summed E-state index contributed by atoms with van der Waals surface area (Å²) < 4.78 is 10.8. The molecule has 3 nitrogen and oxygen atoms in total. The van der Waals surface area contributed by atoms with Crippen molar-refractivity contribution >= 4 is 0 Å². The van der Waals surface area contributed by atoms with E-state index in [0.717, 1.165) is 31.0 Å². The van der Waals surface area contributed by atoms with E-state index in [-0.39, 0.29) is 0 Å². The van der Waals surface area contributed by atoms with Crippen LogP contribution in [0.1, 0.15) is 29.4 Å². The second kappa shape index (κ2) is 6.84. The molecule has 2 atom stereocenters. The zero-order valence-electron chi connectivity index (χ0n) is 13.2. The van der Waals surface area contributed by atoms with E-state index in [9.17, 15) is 0 Å². The molecule has 1 N–H and O–H groups in total. The Morgan fingerprint density at radius 3 is 2.36 bits per heavy atom. The summed E-state index contributed by atoms with van der Waals surface area (Å²) in [6, 6.07) is 17.1. The average Bonchev–Trinajstić information content (AvgIpc) is 2.62. The normalized spacial score (nSPS) is 21.4. The van der Waals surface area contributed by atoms with Crippen LogP contribution in [0.5, 0.6) is 11.5 Å². The van der Waals surface area contributed by atoms with Crippen LogP contribution < -0.4 is 14.8 Å². The zero-order valence-corrected chi connectivity index (χ0v) is 13.2. The van der Waals surface area contributed by atoms with Gasteiger partial charge in [0.25, 0.3) is 0 Å². The number of piperidine rings is 1. The number of hydrogen-bond acceptors (Lipinski definition) is 3. The minimum atomic E-state index is 0.494. The predicted octanol–water partition coefficient (Wildman–Crippen LogP) is 3.56. The molecule has 116 valence electrons. The first-order valence-electron chi connectivity index (χ1n) is 7.81. The van der Waals surface area contributed by atoms with Crippen LogP contribution in [-0.4, -0.2) is 27.3 Å². The molecule has 1 fully saturated rings. The molecule has 3 rings (SSSR count). The van der Waals surface area contributed by atoms with E-state index in [4.69, 9.17) is 9.47 Å². The third-order valence-electron chi connectivity index (χ3n) is 4.55. The molecule has 1 aliphatic rings. The fraction of sp³-hybridized carbons (Fsp3) is 0.368. The maximum atomic E-state index is 5.47. The van der Waals surface area contributed by atoms with E-state index < -0.39 is 0 Å². The summed E-state index contributed by atoms with van der Waals surface area (Å²) in [4.78, 5) is 0. The van der Waals surface area contributed by atoms with Gasteiger partial charge in [-0.3, -0.25) is 0 Å². The zero-order chi connectivity index (χ0) is 15.4. The molecule has 0 aromatic heterocycles. The Bertz CT molecular complexity index is 612. The molecular formula is C19H23NO2. The summed E-state index contributed by atoms with van der Waals surface area (Å²) in [6.07, 6.45) is 1.13. The van der Waals surface area contributed by atoms with E-state index in [1.54, 1.807) is 14.2 Å². The minimum absolute atomic E-state index is 0.494. The molecule has 2 aromatic carbocycles. The van der Waals surface area contributed by atoms with E-state index in [2.05, 4.69) is 47.8 Å². The van der Waals surface area contributed by atoms with Gasteiger partial charge in [0.1, 0.15) is 0 Å². The number of ether oxygens (including phenoxy) is 2. The van der Waals surface area contributed by atoms with Crippen LogP contribution in [0.25, 0.3) is 0 Å². The van der Waals surface area contributed by atoms with Crippen molar-refractivity contribution in [2.75, 3.05) is 27.3 Å². The van der Waals surface area contributed by atoms with Gasteiger partial charge in [0.2, 0.25) is 0 Å². The van der Waals surface area contributed by atoms with Gasteiger partial charge in [0.15, 0.2) is 11.5 Å². The Labute approximate surface area is 132 Å². The van der Waals surface area contributed by atoms with Gasteiger partial charge < -0.3 is 14.8 Å². The number of nitrogens with one attached hydrogen (secondary N) is 1. The van der Waals surface area contributed by atoms with Crippen LogP contribution in [0.3, 0.4) is 0 Å². The monoisotopic (exact) mass is 297 g/mol. The third-order valence-corrected chi connectivity index (χ3v) is 4.55. The van der Waals surface area contributed by atoms with E-state index >= 15 is 0 Å². The lowest BCUT2D eigenvalue weighted by Crippen LogP contribution is -2.34. The summed E-state index contributed by atoms with van der Waals surface area (Å²) in [5, 5.41) is 3.53.